The van der Waals surface area contributed by atoms with Crippen LogP contribution in [0, 0.1) is 0 Å². The van der Waals surface area contributed by atoms with Gasteiger partial charge in [0.15, 0.2) is 5.82 Å². The minimum atomic E-state index is -0.354. The van der Waals surface area contributed by atoms with Gasteiger partial charge >= 0.3 is 6.03 Å². The quantitative estimate of drug-likeness (QED) is 0.447. The number of nitrogens with zero attached hydrogens (tertiary/aromatic N) is 4. The van der Waals surface area contributed by atoms with Crippen molar-refractivity contribution < 1.29 is 4.79 Å². The van der Waals surface area contributed by atoms with E-state index in [1.165, 1.54) is 6.33 Å². The molecule has 144 valence electrons. The van der Waals surface area contributed by atoms with Crippen molar-refractivity contribution >= 4 is 40.5 Å². The number of aromatic nitrogens is 4. The number of benzene rings is 2. The Bertz CT molecular complexity index is 1110. The van der Waals surface area contributed by atoms with E-state index in [4.69, 9.17) is 11.6 Å². The van der Waals surface area contributed by atoms with Gasteiger partial charge < -0.3 is 16.0 Å². The molecule has 4 aromatic rings. The van der Waals surface area contributed by atoms with Crippen molar-refractivity contribution in [1.82, 2.24) is 19.7 Å². The number of carbonyl (C=O) groups excluding carboxylic acids is 1. The molecule has 0 fully saturated rings. The zero-order chi connectivity index (χ0) is 20.1. The zero-order valence-corrected chi connectivity index (χ0v) is 15.8. The normalized spacial score (nSPS) is 10.4. The Hall–Kier alpha value is -3.91. The minimum absolute atomic E-state index is 0.354. The number of anilines is 4. The molecular weight excluding hydrogens is 390 g/mol. The summed E-state index contributed by atoms with van der Waals surface area (Å²) >= 11 is 5.92. The molecule has 0 saturated heterocycles. The van der Waals surface area contributed by atoms with Crippen LogP contribution in [0.2, 0.25) is 5.02 Å². The molecule has 9 heteroatoms. The number of halogens is 1. The maximum absolute atomic E-state index is 12.1. The number of rotatable bonds is 5. The van der Waals surface area contributed by atoms with Gasteiger partial charge in [0.25, 0.3) is 0 Å². The average Bonchev–Trinajstić information content (AvgIpc) is 3.25. The molecule has 3 N–H and O–H groups in total. The number of hydrogen-bond donors (Lipinski definition) is 3. The summed E-state index contributed by atoms with van der Waals surface area (Å²) in [6.07, 6.45) is 4.96. The van der Waals surface area contributed by atoms with Crippen molar-refractivity contribution in [1.29, 1.82) is 0 Å². The van der Waals surface area contributed by atoms with Crippen LogP contribution in [0.3, 0.4) is 0 Å². The molecule has 4 rings (SSSR count). The van der Waals surface area contributed by atoms with Crippen LogP contribution in [0.15, 0.2) is 79.4 Å². The highest BCUT2D eigenvalue weighted by atomic mass is 35.5. The largest absolute Gasteiger partial charge is 0.340 e. The fourth-order valence-corrected chi connectivity index (χ4v) is 2.78. The van der Waals surface area contributed by atoms with E-state index in [-0.39, 0.29) is 6.03 Å². The second-order valence-electron chi connectivity index (χ2n) is 6.00. The molecule has 0 aliphatic heterocycles. The average molecular weight is 406 g/mol. The van der Waals surface area contributed by atoms with Crippen molar-refractivity contribution in [2.24, 2.45) is 0 Å². The Morgan fingerprint density at radius 3 is 2.45 bits per heavy atom. The van der Waals surface area contributed by atoms with E-state index in [2.05, 4.69) is 31.0 Å². The summed E-state index contributed by atoms with van der Waals surface area (Å²) in [6.45, 7) is 0. The smallest absolute Gasteiger partial charge is 0.323 e. The van der Waals surface area contributed by atoms with Gasteiger partial charge in [-0.3, -0.25) is 0 Å². The van der Waals surface area contributed by atoms with E-state index < -0.39 is 0 Å². The second kappa shape index (κ2) is 8.41. The van der Waals surface area contributed by atoms with Gasteiger partial charge in [-0.05, 0) is 48.5 Å². The molecule has 2 aromatic carbocycles. The highest BCUT2D eigenvalue weighted by molar-refractivity contribution is 6.30. The van der Waals surface area contributed by atoms with Gasteiger partial charge in [-0.15, -0.1) is 0 Å². The standard InChI is InChI=1S/C20H16ClN7O/c21-14-3-1-4-17(11-14)27-20(29)26-16-7-5-15(6-8-16)25-18-12-19(23-13-22-18)28-10-2-9-24-28/h1-13H,(H,22,23,25)(H2,26,27,29). The first-order valence-electron chi connectivity index (χ1n) is 8.68. The highest BCUT2D eigenvalue weighted by Gasteiger charge is 2.05. The Balaban J connectivity index is 1.38. The Labute approximate surface area is 171 Å². The van der Waals surface area contributed by atoms with E-state index in [9.17, 15) is 4.79 Å². The topological polar surface area (TPSA) is 96.8 Å². The van der Waals surface area contributed by atoms with Crippen molar-refractivity contribution in [3.63, 3.8) is 0 Å². The molecule has 0 bridgehead atoms. The molecule has 0 aliphatic carbocycles. The molecule has 2 aromatic heterocycles. The van der Waals surface area contributed by atoms with Crippen LogP contribution in [0.4, 0.5) is 27.7 Å². The lowest BCUT2D eigenvalue weighted by Crippen LogP contribution is -2.19. The third kappa shape index (κ3) is 4.88. The minimum Gasteiger partial charge on any atom is -0.340 e. The Morgan fingerprint density at radius 2 is 1.69 bits per heavy atom. The first-order chi connectivity index (χ1) is 14.2. The van der Waals surface area contributed by atoms with Crippen LogP contribution in [-0.2, 0) is 0 Å². The predicted molar refractivity (Wildman–Crippen MR) is 113 cm³/mol. The molecule has 0 unspecified atom stereocenters. The predicted octanol–water partition coefficient (Wildman–Crippen LogP) is 4.70. The summed E-state index contributed by atoms with van der Waals surface area (Å²) in [5.41, 5.74) is 2.08. The molecule has 0 saturated carbocycles. The van der Waals surface area contributed by atoms with Crippen molar-refractivity contribution in [2.75, 3.05) is 16.0 Å². The van der Waals surface area contributed by atoms with Crippen molar-refractivity contribution in [3.05, 3.63) is 84.4 Å². The van der Waals surface area contributed by atoms with Crippen LogP contribution in [-0.4, -0.2) is 25.8 Å². The van der Waals surface area contributed by atoms with Crippen molar-refractivity contribution in [3.8, 4) is 5.82 Å². The number of urea groups is 1. The summed E-state index contributed by atoms with van der Waals surface area (Å²) in [5, 5.41) is 13.4. The summed E-state index contributed by atoms with van der Waals surface area (Å²) in [7, 11) is 0. The van der Waals surface area contributed by atoms with Gasteiger partial charge in [0, 0.05) is 40.5 Å². The lowest BCUT2D eigenvalue weighted by molar-refractivity contribution is 0.262. The molecule has 0 aliphatic rings. The summed E-state index contributed by atoms with van der Waals surface area (Å²) in [4.78, 5) is 20.5. The van der Waals surface area contributed by atoms with Gasteiger partial charge in [-0.1, -0.05) is 17.7 Å². The van der Waals surface area contributed by atoms with Crippen LogP contribution in [0.1, 0.15) is 0 Å². The van der Waals surface area contributed by atoms with Crippen LogP contribution in [0.25, 0.3) is 5.82 Å². The lowest BCUT2D eigenvalue weighted by atomic mass is 10.2. The number of amides is 2. The SMILES string of the molecule is O=C(Nc1ccc(Nc2cc(-n3cccn3)ncn2)cc1)Nc1cccc(Cl)c1. The van der Waals surface area contributed by atoms with Crippen LogP contribution in [0.5, 0.6) is 0 Å². The van der Waals surface area contributed by atoms with Gasteiger partial charge in [0.2, 0.25) is 0 Å². The monoisotopic (exact) mass is 405 g/mol. The van der Waals surface area contributed by atoms with E-state index in [0.717, 1.165) is 5.69 Å². The molecule has 2 heterocycles. The summed E-state index contributed by atoms with van der Waals surface area (Å²) in [6, 6.07) is 17.5. The van der Waals surface area contributed by atoms with E-state index in [1.807, 2.05) is 18.2 Å². The van der Waals surface area contributed by atoms with E-state index in [1.54, 1.807) is 59.5 Å². The van der Waals surface area contributed by atoms with E-state index >= 15 is 0 Å². The highest BCUT2D eigenvalue weighted by Crippen LogP contribution is 2.19. The first-order valence-corrected chi connectivity index (χ1v) is 9.06. The van der Waals surface area contributed by atoms with Gasteiger partial charge in [0.05, 0.1) is 0 Å². The van der Waals surface area contributed by atoms with E-state index in [0.29, 0.717) is 28.0 Å². The van der Waals surface area contributed by atoms with Crippen LogP contribution < -0.4 is 16.0 Å². The third-order valence-corrected chi connectivity index (χ3v) is 4.12. The molecule has 2 amide bonds. The maximum atomic E-state index is 12.1. The Morgan fingerprint density at radius 1 is 0.897 bits per heavy atom. The number of hydrogen-bond acceptors (Lipinski definition) is 5. The van der Waals surface area contributed by atoms with Crippen LogP contribution >= 0.6 is 11.6 Å². The number of carbonyl (C=O) groups is 1. The fraction of sp³-hybridized carbons (Fsp3) is 0. The zero-order valence-electron chi connectivity index (χ0n) is 15.1. The lowest BCUT2D eigenvalue weighted by Gasteiger charge is -2.10. The van der Waals surface area contributed by atoms with Gasteiger partial charge in [0.1, 0.15) is 12.1 Å². The summed E-state index contributed by atoms with van der Waals surface area (Å²) < 4.78 is 1.65. The first kappa shape index (κ1) is 18.5. The summed E-state index contributed by atoms with van der Waals surface area (Å²) in [5.74, 6) is 1.29. The molecule has 0 atom stereocenters. The number of nitrogens with one attached hydrogen (secondary N) is 3. The van der Waals surface area contributed by atoms with Gasteiger partial charge in [-0.2, -0.15) is 5.10 Å². The molecule has 0 spiro atoms. The van der Waals surface area contributed by atoms with Gasteiger partial charge in [-0.25, -0.2) is 19.4 Å². The molecule has 0 radical (unpaired) electrons. The fourth-order valence-electron chi connectivity index (χ4n) is 2.59. The third-order valence-electron chi connectivity index (χ3n) is 3.89. The molecule has 8 nitrogen and oxygen atoms in total. The second-order valence-corrected chi connectivity index (χ2v) is 6.44. The maximum Gasteiger partial charge on any atom is 0.323 e. The molecular formula is C20H16ClN7O. The van der Waals surface area contributed by atoms with Crippen molar-refractivity contribution in [2.45, 2.75) is 0 Å². The molecule has 29 heavy (non-hydrogen) atoms. The Kier molecular flexibility index (Phi) is 5.35.